The van der Waals surface area contributed by atoms with Gasteiger partial charge in [0, 0.05) is 30.2 Å². The number of piperazine rings is 1. The number of aromatic nitrogens is 3. The number of phenols is 1. The predicted octanol–water partition coefficient (Wildman–Crippen LogP) is 5.32. The number of amides is 1. The molecule has 6 heterocycles. The molecule has 4 aliphatic rings. The number of halogens is 2. The van der Waals surface area contributed by atoms with Gasteiger partial charge in [0.1, 0.15) is 35.2 Å². The van der Waals surface area contributed by atoms with Gasteiger partial charge in [-0.15, -0.1) is 6.42 Å². The van der Waals surface area contributed by atoms with Crippen LogP contribution in [0.1, 0.15) is 44.6 Å². The smallest absolute Gasteiger partial charge is 0.319 e. The van der Waals surface area contributed by atoms with Crippen LogP contribution >= 0.6 is 0 Å². The first-order chi connectivity index (χ1) is 24.1. The fraction of sp³-hybridized carbons (Fsp3) is 0.395. The largest absolute Gasteiger partial charge is 0.508 e. The molecule has 10 nitrogen and oxygen atoms in total. The number of ether oxygens (including phenoxy) is 1. The number of fused-ring (bicyclic) bond motifs is 5. The van der Waals surface area contributed by atoms with Gasteiger partial charge in [-0.25, -0.2) is 8.78 Å². The lowest BCUT2D eigenvalue weighted by atomic mass is 9.83. The third-order valence-electron chi connectivity index (χ3n) is 11.3. The number of nitriles is 1. The first kappa shape index (κ1) is 31.9. The van der Waals surface area contributed by atoms with E-state index in [1.165, 1.54) is 36.5 Å². The summed E-state index contributed by atoms with van der Waals surface area (Å²) in [6.07, 6.45) is 13.0. The zero-order chi connectivity index (χ0) is 34.9. The number of aromatic hydroxyl groups is 1. The van der Waals surface area contributed by atoms with Crippen molar-refractivity contribution in [3.63, 3.8) is 0 Å². The quantitative estimate of drug-likeness (QED) is 0.214. The summed E-state index contributed by atoms with van der Waals surface area (Å²) in [6, 6.07) is 7.05. The summed E-state index contributed by atoms with van der Waals surface area (Å²) >= 11 is 0. The van der Waals surface area contributed by atoms with Crippen LogP contribution in [0.2, 0.25) is 0 Å². The Labute approximate surface area is 288 Å². The summed E-state index contributed by atoms with van der Waals surface area (Å²) in [7, 11) is 0. The minimum atomic E-state index is -0.818. The Morgan fingerprint density at radius 1 is 1.22 bits per heavy atom. The van der Waals surface area contributed by atoms with Crippen molar-refractivity contribution in [3.05, 3.63) is 60.3 Å². The zero-order valence-electron chi connectivity index (χ0n) is 27.6. The van der Waals surface area contributed by atoms with Crippen LogP contribution in [0.5, 0.6) is 11.8 Å². The molecule has 1 N–H and O–H groups in total. The van der Waals surface area contributed by atoms with Crippen molar-refractivity contribution < 1.29 is 23.4 Å². The average Bonchev–Trinajstić information content (AvgIpc) is 3.75. The summed E-state index contributed by atoms with van der Waals surface area (Å²) in [5, 5.41) is 21.8. The molecule has 0 saturated carbocycles. The Hall–Kier alpha value is -5.33. The van der Waals surface area contributed by atoms with Crippen LogP contribution in [0.4, 0.5) is 14.6 Å². The third kappa shape index (κ3) is 4.77. The fourth-order valence-electron chi connectivity index (χ4n) is 8.92. The molecular weight excluding hydrogens is 640 g/mol. The van der Waals surface area contributed by atoms with Gasteiger partial charge >= 0.3 is 6.01 Å². The molecule has 4 saturated heterocycles. The number of carbonyl (C=O) groups is 1. The van der Waals surface area contributed by atoms with Crippen LogP contribution in [0.15, 0.2) is 43.1 Å². The highest BCUT2D eigenvalue weighted by Crippen LogP contribution is 2.46. The SMILES string of the molecule is C#Cc1c(F)ccc2cc(O)cc(-c3ncc4c(N5C[C@@H]6C[C@](C)(C#N)[C@H](C5)N6C(=O)C=C)nc(OCC56CCCN5CCC6)nc4c3F)c12. The van der Waals surface area contributed by atoms with Crippen molar-refractivity contribution in [1.29, 1.82) is 5.26 Å². The predicted molar refractivity (Wildman–Crippen MR) is 183 cm³/mol. The monoisotopic (exact) mass is 675 g/mol. The summed E-state index contributed by atoms with van der Waals surface area (Å²) in [5.41, 5.74) is -1.15. The van der Waals surface area contributed by atoms with Gasteiger partial charge in [-0.3, -0.25) is 14.7 Å². The van der Waals surface area contributed by atoms with E-state index in [0.717, 1.165) is 38.8 Å². The number of carbonyl (C=O) groups excluding carboxylic acids is 1. The Balaban J connectivity index is 1.28. The van der Waals surface area contributed by atoms with E-state index in [0.29, 0.717) is 36.2 Å². The molecule has 8 rings (SSSR count). The number of hydrogen-bond acceptors (Lipinski definition) is 9. The van der Waals surface area contributed by atoms with Crippen LogP contribution in [-0.2, 0) is 4.79 Å². The molecule has 2 aromatic heterocycles. The van der Waals surface area contributed by atoms with Gasteiger partial charge in [-0.05, 0) is 81.8 Å². The fourth-order valence-corrected chi connectivity index (χ4v) is 8.92. The minimum absolute atomic E-state index is 0.00668. The highest BCUT2D eigenvalue weighted by Gasteiger charge is 2.55. The van der Waals surface area contributed by atoms with Crippen molar-refractivity contribution in [1.82, 2.24) is 24.8 Å². The number of rotatable bonds is 6. The van der Waals surface area contributed by atoms with Crippen molar-refractivity contribution in [2.45, 2.75) is 56.7 Å². The molecule has 0 unspecified atom stereocenters. The molecule has 12 heteroatoms. The number of benzene rings is 2. The van der Waals surface area contributed by atoms with Gasteiger partial charge in [-0.1, -0.05) is 18.6 Å². The lowest BCUT2D eigenvalue weighted by molar-refractivity contribution is -0.129. The summed E-state index contributed by atoms with van der Waals surface area (Å²) in [6.45, 7) is 8.47. The Morgan fingerprint density at radius 3 is 2.72 bits per heavy atom. The second kappa shape index (κ2) is 11.6. The van der Waals surface area contributed by atoms with E-state index in [9.17, 15) is 19.6 Å². The zero-order valence-corrected chi connectivity index (χ0v) is 27.6. The molecule has 2 bridgehead atoms. The van der Waals surface area contributed by atoms with E-state index in [-0.39, 0.29) is 63.5 Å². The van der Waals surface area contributed by atoms with Crippen LogP contribution in [0.3, 0.4) is 0 Å². The summed E-state index contributed by atoms with van der Waals surface area (Å²) in [4.78, 5) is 33.0. The van der Waals surface area contributed by atoms with Crippen molar-refractivity contribution in [2.75, 3.05) is 37.7 Å². The number of phenolic OH excluding ortho intramolecular Hbond substituents is 1. The molecule has 50 heavy (non-hydrogen) atoms. The minimum Gasteiger partial charge on any atom is -0.508 e. The molecule has 4 aliphatic heterocycles. The van der Waals surface area contributed by atoms with E-state index in [2.05, 4.69) is 33.4 Å². The molecular formula is C38H35F2N7O3. The van der Waals surface area contributed by atoms with E-state index < -0.39 is 23.1 Å². The van der Waals surface area contributed by atoms with Crippen molar-refractivity contribution >= 4 is 33.4 Å². The maximum absolute atomic E-state index is 17.0. The molecule has 254 valence electrons. The Kier molecular flexibility index (Phi) is 7.42. The number of nitrogens with zero attached hydrogens (tertiary/aromatic N) is 7. The number of pyridine rings is 1. The van der Waals surface area contributed by atoms with Crippen molar-refractivity contribution in [3.8, 4) is 41.4 Å². The van der Waals surface area contributed by atoms with E-state index in [1.54, 1.807) is 4.90 Å². The lowest BCUT2D eigenvalue weighted by Crippen LogP contribution is -2.57. The second-order valence-corrected chi connectivity index (χ2v) is 14.1. The van der Waals surface area contributed by atoms with Crippen LogP contribution < -0.4 is 9.64 Å². The number of hydrogen-bond donors (Lipinski definition) is 1. The first-order valence-corrected chi connectivity index (χ1v) is 16.9. The van der Waals surface area contributed by atoms with E-state index in [4.69, 9.17) is 16.1 Å². The average molecular weight is 676 g/mol. The number of anilines is 1. The Morgan fingerprint density at radius 2 is 2.00 bits per heavy atom. The topological polar surface area (TPSA) is 119 Å². The van der Waals surface area contributed by atoms with Gasteiger partial charge < -0.3 is 19.6 Å². The lowest BCUT2D eigenvalue weighted by Gasteiger charge is -2.42. The normalized spacial score (nSPS) is 23.9. The second-order valence-electron chi connectivity index (χ2n) is 14.1. The maximum atomic E-state index is 17.0. The molecule has 0 spiro atoms. The van der Waals surface area contributed by atoms with E-state index in [1.807, 2.05) is 11.8 Å². The van der Waals surface area contributed by atoms with Crippen molar-refractivity contribution in [2.24, 2.45) is 5.41 Å². The van der Waals surface area contributed by atoms with Gasteiger partial charge in [0.2, 0.25) is 5.91 Å². The molecule has 0 aliphatic carbocycles. The third-order valence-corrected chi connectivity index (χ3v) is 11.3. The molecule has 4 aromatic rings. The van der Waals surface area contributed by atoms with E-state index >= 15 is 4.39 Å². The molecule has 1 amide bonds. The molecule has 2 aromatic carbocycles. The van der Waals surface area contributed by atoms with Gasteiger partial charge in [0.25, 0.3) is 0 Å². The van der Waals surface area contributed by atoms with Gasteiger partial charge in [0.05, 0.1) is 40.1 Å². The number of terminal acetylenes is 1. The first-order valence-electron chi connectivity index (χ1n) is 16.9. The Bertz CT molecular complexity index is 2190. The van der Waals surface area contributed by atoms with Crippen LogP contribution in [0.25, 0.3) is 32.9 Å². The highest BCUT2D eigenvalue weighted by atomic mass is 19.1. The maximum Gasteiger partial charge on any atom is 0.319 e. The van der Waals surface area contributed by atoms with Gasteiger partial charge in [-0.2, -0.15) is 15.2 Å². The summed E-state index contributed by atoms with van der Waals surface area (Å²) in [5.74, 6) is 0.846. The highest BCUT2D eigenvalue weighted by molar-refractivity contribution is 6.03. The molecule has 0 radical (unpaired) electrons. The standard InChI is InChI=1S/C38H35F2N7O3/c1-4-25-28(39)9-8-22-14-24(48)15-26(31(22)25)33-32(40)34-27(17-42-33)35(44-36(43-34)50-21-38-10-6-12-46(38)13-7-11-38)45-18-23-16-37(3,20-41)29(19-45)47(23)30(49)5-2/h1,5,8-9,14-15,17,23,29,48H,2,6-7,10-13,16,18-19,21H2,3H3/t23-,29-,37+/m0/s1. The van der Waals surface area contributed by atoms with Crippen LogP contribution in [0, 0.1) is 40.7 Å². The summed E-state index contributed by atoms with van der Waals surface area (Å²) < 4.78 is 38.3. The van der Waals surface area contributed by atoms with Crippen LogP contribution in [-0.4, -0.2) is 86.2 Å². The van der Waals surface area contributed by atoms with Gasteiger partial charge in [0.15, 0.2) is 5.82 Å². The molecule has 4 fully saturated rings. The molecule has 3 atom stereocenters.